The van der Waals surface area contributed by atoms with E-state index < -0.39 is 0 Å². The van der Waals surface area contributed by atoms with E-state index in [0.717, 1.165) is 11.6 Å². The summed E-state index contributed by atoms with van der Waals surface area (Å²) in [5, 5.41) is 2.43. The number of rotatable bonds is 2. The third kappa shape index (κ3) is 1.63. The summed E-state index contributed by atoms with van der Waals surface area (Å²) in [5.41, 5.74) is 1.29. The molecule has 0 radical (unpaired) electrons. The molecule has 0 unspecified atom stereocenters. The largest absolute Gasteiger partial charge is 0.342 e. The zero-order valence-electron chi connectivity index (χ0n) is 9.05. The van der Waals surface area contributed by atoms with Gasteiger partial charge in [-0.15, -0.1) is 11.3 Å². The standard InChI is InChI=1S/C13H12N2S/c1-10-14-8-12(16-10)9-15-7-6-11-4-2-3-5-13(11)15/h2-8H,9H2,1H3. The van der Waals surface area contributed by atoms with Gasteiger partial charge in [0.05, 0.1) is 11.6 Å². The maximum atomic E-state index is 4.28. The Morgan fingerprint density at radius 2 is 2.12 bits per heavy atom. The number of hydrogen-bond donors (Lipinski definition) is 0. The Kier molecular flexibility index (Phi) is 2.26. The molecule has 1 aromatic carbocycles. The highest BCUT2D eigenvalue weighted by Crippen LogP contribution is 2.19. The summed E-state index contributed by atoms with van der Waals surface area (Å²) >= 11 is 1.76. The lowest BCUT2D eigenvalue weighted by Crippen LogP contribution is -1.94. The van der Waals surface area contributed by atoms with Crippen molar-refractivity contribution in [1.82, 2.24) is 9.55 Å². The number of para-hydroxylation sites is 1. The van der Waals surface area contributed by atoms with Gasteiger partial charge in [0.15, 0.2) is 0 Å². The van der Waals surface area contributed by atoms with Gasteiger partial charge in [-0.25, -0.2) is 4.98 Å². The molecule has 0 aliphatic heterocycles. The Labute approximate surface area is 98.2 Å². The molecule has 0 atom stereocenters. The van der Waals surface area contributed by atoms with Gasteiger partial charge in [-0.3, -0.25) is 0 Å². The lowest BCUT2D eigenvalue weighted by Gasteiger charge is -2.02. The molecule has 80 valence electrons. The van der Waals surface area contributed by atoms with Crippen LogP contribution in [0.3, 0.4) is 0 Å². The Morgan fingerprint density at radius 3 is 2.94 bits per heavy atom. The highest BCUT2D eigenvalue weighted by molar-refractivity contribution is 7.11. The molecule has 3 rings (SSSR count). The van der Waals surface area contributed by atoms with E-state index in [2.05, 4.69) is 46.1 Å². The van der Waals surface area contributed by atoms with Gasteiger partial charge in [-0.05, 0) is 24.4 Å². The van der Waals surface area contributed by atoms with Crippen molar-refractivity contribution in [2.75, 3.05) is 0 Å². The number of benzene rings is 1. The molecule has 0 spiro atoms. The first-order chi connectivity index (χ1) is 7.83. The predicted molar refractivity (Wildman–Crippen MR) is 67.9 cm³/mol. The van der Waals surface area contributed by atoms with Crippen molar-refractivity contribution in [3.05, 3.63) is 52.6 Å². The van der Waals surface area contributed by atoms with Gasteiger partial charge < -0.3 is 4.57 Å². The van der Waals surface area contributed by atoms with E-state index in [4.69, 9.17) is 0 Å². The molecule has 2 heterocycles. The second-order valence-corrected chi connectivity index (χ2v) is 5.17. The molecular formula is C13H12N2S. The topological polar surface area (TPSA) is 17.8 Å². The van der Waals surface area contributed by atoms with Crippen molar-refractivity contribution >= 4 is 22.2 Å². The van der Waals surface area contributed by atoms with Gasteiger partial charge in [0, 0.05) is 22.8 Å². The van der Waals surface area contributed by atoms with Crippen LogP contribution in [-0.2, 0) is 6.54 Å². The molecule has 3 heteroatoms. The maximum absolute atomic E-state index is 4.28. The van der Waals surface area contributed by atoms with Crippen LogP contribution in [-0.4, -0.2) is 9.55 Å². The molecule has 2 aromatic heterocycles. The molecule has 2 nitrogen and oxygen atoms in total. The number of aromatic nitrogens is 2. The van der Waals surface area contributed by atoms with Crippen molar-refractivity contribution in [2.24, 2.45) is 0 Å². The van der Waals surface area contributed by atoms with Gasteiger partial charge in [-0.1, -0.05) is 18.2 Å². The van der Waals surface area contributed by atoms with Gasteiger partial charge >= 0.3 is 0 Å². The fraction of sp³-hybridized carbons (Fsp3) is 0.154. The van der Waals surface area contributed by atoms with Crippen LogP contribution in [0.15, 0.2) is 42.7 Å². The third-order valence-electron chi connectivity index (χ3n) is 2.68. The molecule has 0 fully saturated rings. The average Bonchev–Trinajstić information content (AvgIpc) is 2.87. The number of aryl methyl sites for hydroxylation is 1. The summed E-state index contributed by atoms with van der Waals surface area (Å²) in [4.78, 5) is 5.59. The Bertz CT molecular complexity index is 621. The summed E-state index contributed by atoms with van der Waals surface area (Å²) in [7, 11) is 0. The van der Waals surface area contributed by atoms with Crippen LogP contribution in [0, 0.1) is 6.92 Å². The van der Waals surface area contributed by atoms with E-state index in [-0.39, 0.29) is 0 Å². The fourth-order valence-corrected chi connectivity index (χ4v) is 2.72. The van der Waals surface area contributed by atoms with Crippen LogP contribution in [0.2, 0.25) is 0 Å². The minimum atomic E-state index is 0.916. The van der Waals surface area contributed by atoms with Gasteiger partial charge in [0.25, 0.3) is 0 Å². The van der Waals surface area contributed by atoms with Crippen molar-refractivity contribution in [2.45, 2.75) is 13.5 Å². The van der Waals surface area contributed by atoms with E-state index in [1.165, 1.54) is 15.8 Å². The third-order valence-corrected chi connectivity index (χ3v) is 3.57. The van der Waals surface area contributed by atoms with Crippen LogP contribution in [0.4, 0.5) is 0 Å². The van der Waals surface area contributed by atoms with Crippen LogP contribution >= 0.6 is 11.3 Å². The molecule has 0 aliphatic rings. The highest BCUT2D eigenvalue weighted by atomic mass is 32.1. The maximum Gasteiger partial charge on any atom is 0.0897 e. The second kappa shape index (κ2) is 3.76. The minimum absolute atomic E-state index is 0.916. The second-order valence-electron chi connectivity index (χ2n) is 3.85. The van der Waals surface area contributed by atoms with E-state index in [1.807, 2.05) is 13.1 Å². The smallest absolute Gasteiger partial charge is 0.0897 e. The normalized spacial score (nSPS) is 11.1. The van der Waals surface area contributed by atoms with E-state index in [0.29, 0.717) is 0 Å². The summed E-state index contributed by atoms with van der Waals surface area (Å²) in [5.74, 6) is 0. The van der Waals surface area contributed by atoms with Gasteiger partial charge in [0.2, 0.25) is 0 Å². The molecule has 0 saturated carbocycles. The number of nitrogens with zero attached hydrogens (tertiary/aromatic N) is 2. The van der Waals surface area contributed by atoms with Crippen LogP contribution in [0.25, 0.3) is 10.9 Å². The quantitative estimate of drug-likeness (QED) is 0.657. The van der Waals surface area contributed by atoms with Crippen molar-refractivity contribution < 1.29 is 0 Å². The Balaban J connectivity index is 2.00. The SMILES string of the molecule is Cc1ncc(Cn2ccc3ccccc32)s1. The zero-order valence-corrected chi connectivity index (χ0v) is 9.87. The highest BCUT2D eigenvalue weighted by Gasteiger charge is 2.02. The van der Waals surface area contributed by atoms with Crippen molar-refractivity contribution in [1.29, 1.82) is 0 Å². The molecule has 0 N–H and O–H groups in total. The van der Waals surface area contributed by atoms with E-state index in [9.17, 15) is 0 Å². The fourth-order valence-electron chi connectivity index (χ4n) is 1.92. The Hall–Kier alpha value is -1.61. The lowest BCUT2D eigenvalue weighted by atomic mass is 10.2. The van der Waals surface area contributed by atoms with Crippen LogP contribution in [0.5, 0.6) is 0 Å². The van der Waals surface area contributed by atoms with Crippen LogP contribution < -0.4 is 0 Å². The summed E-state index contributed by atoms with van der Waals surface area (Å²) < 4.78 is 2.27. The summed E-state index contributed by atoms with van der Waals surface area (Å²) in [6, 6.07) is 10.6. The first kappa shape index (κ1) is 9.60. The number of thiazole rings is 1. The molecule has 0 bridgehead atoms. The predicted octanol–water partition coefficient (Wildman–Crippen LogP) is 3.45. The van der Waals surface area contributed by atoms with Gasteiger partial charge in [0.1, 0.15) is 0 Å². The number of hydrogen-bond acceptors (Lipinski definition) is 2. The molecule has 16 heavy (non-hydrogen) atoms. The number of fused-ring (bicyclic) bond motifs is 1. The molecule has 0 aliphatic carbocycles. The molecule has 0 saturated heterocycles. The summed E-state index contributed by atoms with van der Waals surface area (Å²) in [6.07, 6.45) is 4.11. The monoisotopic (exact) mass is 228 g/mol. The Morgan fingerprint density at radius 1 is 1.25 bits per heavy atom. The van der Waals surface area contributed by atoms with E-state index >= 15 is 0 Å². The van der Waals surface area contributed by atoms with E-state index in [1.54, 1.807) is 11.3 Å². The first-order valence-corrected chi connectivity index (χ1v) is 6.10. The lowest BCUT2D eigenvalue weighted by molar-refractivity contribution is 0.849. The zero-order chi connectivity index (χ0) is 11.0. The average molecular weight is 228 g/mol. The first-order valence-electron chi connectivity index (χ1n) is 5.28. The minimum Gasteiger partial charge on any atom is -0.342 e. The van der Waals surface area contributed by atoms with Crippen LogP contribution in [0.1, 0.15) is 9.88 Å². The van der Waals surface area contributed by atoms with Crippen molar-refractivity contribution in [3.63, 3.8) is 0 Å². The molecule has 3 aromatic rings. The molecule has 0 amide bonds. The molecular weight excluding hydrogens is 216 g/mol. The van der Waals surface area contributed by atoms with Gasteiger partial charge in [-0.2, -0.15) is 0 Å². The summed E-state index contributed by atoms with van der Waals surface area (Å²) in [6.45, 7) is 2.96. The van der Waals surface area contributed by atoms with Crippen molar-refractivity contribution in [3.8, 4) is 0 Å².